The summed E-state index contributed by atoms with van der Waals surface area (Å²) in [4.78, 5) is 43.0. The van der Waals surface area contributed by atoms with Crippen LogP contribution < -0.4 is 0 Å². The first-order valence-corrected chi connectivity index (χ1v) is 13.5. The Balaban J connectivity index is 2.42. The molecular weight excluding hydrogens is 537 g/mol. The second-order valence-corrected chi connectivity index (χ2v) is 11.4. The van der Waals surface area contributed by atoms with Crippen LogP contribution in [-0.4, -0.2) is 42.7 Å². The summed E-state index contributed by atoms with van der Waals surface area (Å²) in [7, 11) is -0.856. The summed E-state index contributed by atoms with van der Waals surface area (Å²) in [6.45, 7) is 9.44. The monoisotopic (exact) mass is 575 g/mol. The van der Waals surface area contributed by atoms with Gasteiger partial charge in [-0.3, -0.25) is 24.0 Å². The maximum atomic E-state index is 13.1. The Morgan fingerprint density at radius 2 is 1.48 bits per heavy atom. The van der Waals surface area contributed by atoms with E-state index in [-0.39, 0.29) is 19.6 Å². The van der Waals surface area contributed by atoms with Gasteiger partial charge in [-0.1, -0.05) is 60.7 Å². The van der Waals surface area contributed by atoms with Crippen molar-refractivity contribution >= 4 is 27.0 Å². The summed E-state index contributed by atoms with van der Waals surface area (Å²) >= 11 is 0. The topological polar surface area (TPSA) is 118 Å². The van der Waals surface area contributed by atoms with E-state index < -0.39 is 50.1 Å². The fourth-order valence-electron chi connectivity index (χ4n) is 3.39. The lowest BCUT2D eigenvalue weighted by molar-refractivity contribution is -0.357. The molecule has 2 atom stereocenters. The molecule has 0 aliphatic heterocycles. The van der Waals surface area contributed by atoms with Gasteiger partial charge in [0, 0.05) is 6.54 Å². The number of benzene rings is 2. The number of hydrogen-bond donors (Lipinski definition) is 0. The zero-order chi connectivity index (χ0) is 29.8. The fourth-order valence-corrected chi connectivity index (χ4v) is 3.72. The maximum absolute atomic E-state index is 13.1. The summed E-state index contributed by atoms with van der Waals surface area (Å²) in [5.74, 6) is -4.51. The van der Waals surface area contributed by atoms with E-state index in [2.05, 4.69) is 0 Å². The van der Waals surface area contributed by atoms with Crippen molar-refractivity contribution < 1.29 is 42.5 Å². The van der Waals surface area contributed by atoms with Crippen molar-refractivity contribution in [1.29, 1.82) is 0 Å². The molecule has 1 amide bonds. The van der Waals surface area contributed by atoms with Crippen molar-refractivity contribution in [3.05, 3.63) is 71.8 Å². The number of hydrogen-bond acceptors (Lipinski definition) is 9. The van der Waals surface area contributed by atoms with Gasteiger partial charge >= 0.3 is 26.6 Å². The van der Waals surface area contributed by atoms with Crippen molar-refractivity contribution in [2.45, 2.75) is 66.5 Å². The minimum absolute atomic E-state index is 0.0228. The summed E-state index contributed by atoms with van der Waals surface area (Å²) < 4.78 is 34.3. The van der Waals surface area contributed by atoms with Crippen LogP contribution in [-0.2, 0) is 49.1 Å². The van der Waals surface area contributed by atoms with E-state index in [1.54, 1.807) is 71.9 Å². The zero-order valence-electron chi connectivity index (χ0n) is 23.8. The molecule has 0 saturated heterocycles. The third-order valence-electron chi connectivity index (χ3n) is 5.70. The molecule has 2 aromatic rings. The third-order valence-corrected chi connectivity index (χ3v) is 6.03. The average Bonchev–Trinajstić information content (AvgIpc) is 2.90. The number of esters is 2. The highest BCUT2D eigenvalue weighted by Gasteiger charge is 2.49. The van der Waals surface area contributed by atoms with Crippen molar-refractivity contribution in [2.24, 2.45) is 10.8 Å². The van der Waals surface area contributed by atoms with Gasteiger partial charge in [0.25, 0.3) is 0 Å². The summed E-state index contributed by atoms with van der Waals surface area (Å²) in [5.41, 5.74) is -0.372. The van der Waals surface area contributed by atoms with Crippen LogP contribution in [0.1, 0.15) is 65.0 Å². The number of nitrogens with zero attached hydrogens (tertiary/aromatic N) is 1. The summed E-state index contributed by atoms with van der Waals surface area (Å²) in [5, 5.41) is 1.10. The molecule has 0 heterocycles. The highest BCUT2D eigenvalue weighted by Crippen LogP contribution is 2.41. The smallest absolute Gasteiger partial charge is 0.349 e. The SMILES string of the molecule is CC(C)(C)C(=O)OCOC(OP=O)(OC(=O)C(C)(C)C)C(CCN(C=O)OCc1ccccc1)c1ccccc1. The van der Waals surface area contributed by atoms with Gasteiger partial charge in [-0.15, -0.1) is 0 Å². The van der Waals surface area contributed by atoms with E-state index in [1.807, 2.05) is 30.3 Å². The van der Waals surface area contributed by atoms with E-state index >= 15 is 0 Å². The van der Waals surface area contributed by atoms with Crippen LogP contribution in [0.3, 0.4) is 0 Å². The molecule has 218 valence electrons. The molecule has 2 unspecified atom stereocenters. The van der Waals surface area contributed by atoms with Crippen LogP contribution in [0.5, 0.6) is 0 Å². The molecule has 40 heavy (non-hydrogen) atoms. The molecule has 0 aliphatic rings. The van der Waals surface area contributed by atoms with Gasteiger partial charge in [0.1, 0.15) is 6.61 Å². The van der Waals surface area contributed by atoms with Gasteiger partial charge in [0.15, 0.2) is 6.79 Å². The van der Waals surface area contributed by atoms with Gasteiger partial charge in [0.05, 0.1) is 16.7 Å². The number of amides is 1. The molecule has 0 spiro atoms. The molecular formula is C29H38NO9P. The predicted octanol–water partition coefficient (Wildman–Crippen LogP) is 5.78. The maximum Gasteiger partial charge on any atom is 0.349 e. The third kappa shape index (κ3) is 10.1. The Labute approximate surface area is 237 Å². The number of carbonyl (C=O) groups is 3. The first-order chi connectivity index (χ1) is 18.8. The van der Waals surface area contributed by atoms with E-state index in [1.165, 1.54) is 0 Å². The highest BCUT2D eigenvalue weighted by atomic mass is 31.1. The summed E-state index contributed by atoms with van der Waals surface area (Å²) in [6.07, 6.45) is 0.615. The fraction of sp³-hybridized carbons (Fsp3) is 0.483. The van der Waals surface area contributed by atoms with Crippen LogP contribution in [0.15, 0.2) is 60.7 Å². The summed E-state index contributed by atoms with van der Waals surface area (Å²) in [6, 6.07) is 18.1. The average molecular weight is 576 g/mol. The van der Waals surface area contributed by atoms with Crippen molar-refractivity contribution in [3.63, 3.8) is 0 Å². The van der Waals surface area contributed by atoms with Crippen molar-refractivity contribution in [2.75, 3.05) is 13.3 Å². The number of rotatable bonds is 15. The van der Waals surface area contributed by atoms with Crippen molar-refractivity contribution in [3.8, 4) is 0 Å². The molecule has 0 aromatic heterocycles. The van der Waals surface area contributed by atoms with Gasteiger partial charge in [-0.25, -0.2) is 14.2 Å². The lowest BCUT2D eigenvalue weighted by atomic mass is 9.92. The second-order valence-electron chi connectivity index (χ2n) is 11.1. The molecule has 2 aromatic carbocycles. The van der Waals surface area contributed by atoms with Crippen LogP contribution >= 0.6 is 8.69 Å². The number of ether oxygens (including phenoxy) is 3. The Bertz CT molecular complexity index is 1100. The molecule has 0 fully saturated rings. The zero-order valence-corrected chi connectivity index (χ0v) is 24.7. The van der Waals surface area contributed by atoms with Crippen LogP contribution in [0.25, 0.3) is 0 Å². The Kier molecular flexibility index (Phi) is 12.4. The highest BCUT2D eigenvalue weighted by molar-refractivity contribution is 7.17. The molecule has 0 N–H and O–H groups in total. The standard InChI is InChI=1S/C29H38NO9P/c1-27(2,3)25(32)35-21-36-29(39-40-34,38-26(33)28(4,5)6)24(23-15-11-8-12-16-23)17-18-30(20-31)37-19-22-13-9-7-10-14-22/h7-16,20,24H,17-19,21H2,1-6H3. The minimum atomic E-state index is -2.29. The first kappa shape index (κ1) is 33.0. The molecule has 10 nitrogen and oxygen atoms in total. The van der Waals surface area contributed by atoms with Crippen LogP contribution in [0.2, 0.25) is 0 Å². The van der Waals surface area contributed by atoms with Crippen molar-refractivity contribution in [1.82, 2.24) is 5.06 Å². The Hall–Kier alpha value is -3.17. The number of hydroxylamine groups is 2. The van der Waals surface area contributed by atoms with E-state index in [4.69, 9.17) is 23.6 Å². The Morgan fingerprint density at radius 3 is 2.00 bits per heavy atom. The largest absolute Gasteiger partial charge is 0.438 e. The molecule has 0 bridgehead atoms. The van der Waals surface area contributed by atoms with Gasteiger partial charge in [-0.05, 0) is 59.1 Å². The molecule has 11 heteroatoms. The quantitative estimate of drug-likeness (QED) is 0.0856. The van der Waals surface area contributed by atoms with E-state index in [0.29, 0.717) is 12.0 Å². The number of carbonyl (C=O) groups excluding carboxylic acids is 3. The normalized spacial score (nSPS) is 14.2. The van der Waals surface area contributed by atoms with Crippen LogP contribution in [0, 0.1) is 10.8 Å². The Morgan fingerprint density at radius 1 is 0.900 bits per heavy atom. The molecule has 0 saturated carbocycles. The second kappa shape index (κ2) is 15.0. The predicted molar refractivity (Wildman–Crippen MR) is 146 cm³/mol. The van der Waals surface area contributed by atoms with Gasteiger partial charge in [0.2, 0.25) is 6.41 Å². The van der Waals surface area contributed by atoms with E-state index in [0.717, 1.165) is 10.6 Å². The molecule has 0 aliphatic carbocycles. The lowest BCUT2D eigenvalue weighted by Gasteiger charge is -2.38. The molecule has 0 radical (unpaired) electrons. The minimum Gasteiger partial charge on any atom is -0.438 e. The van der Waals surface area contributed by atoms with E-state index in [9.17, 15) is 18.9 Å². The van der Waals surface area contributed by atoms with Gasteiger partial charge < -0.3 is 9.47 Å². The molecule has 2 rings (SSSR count). The van der Waals surface area contributed by atoms with Gasteiger partial charge in [-0.2, -0.15) is 0 Å². The first-order valence-electron chi connectivity index (χ1n) is 12.8. The van der Waals surface area contributed by atoms with Crippen LogP contribution in [0.4, 0.5) is 0 Å². The lowest BCUT2D eigenvalue weighted by Crippen LogP contribution is -2.48.